The van der Waals surface area contributed by atoms with Crippen LogP contribution in [0.2, 0.25) is 0 Å². The van der Waals surface area contributed by atoms with Crippen molar-refractivity contribution in [3.05, 3.63) is 12.2 Å². The molecule has 0 aromatic heterocycles. The number of rotatable bonds is 6. The third-order valence-electron chi connectivity index (χ3n) is 3.45. The van der Waals surface area contributed by atoms with E-state index in [2.05, 4.69) is 40.0 Å². The van der Waals surface area contributed by atoms with Crippen LogP contribution in [0.25, 0.3) is 0 Å². The number of guanidine groups is 1. The monoisotopic (exact) mass is 324 g/mol. The molecule has 3 N–H and O–H groups in total. The second-order valence-electron chi connectivity index (χ2n) is 6.87. The average molecular weight is 324 g/mol. The van der Waals surface area contributed by atoms with Gasteiger partial charge in [-0.2, -0.15) is 0 Å². The van der Waals surface area contributed by atoms with Gasteiger partial charge in [-0.25, -0.2) is 4.79 Å². The molecule has 1 atom stereocenters. The fourth-order valence-electron chi connectivity index (χ4n) is 2.39. The number of nitrogens with zero attached hydrogens (tertiary/aromatic N) is 1. The lowest BCUT2D eigenvalue weighted by molar-refractivity contribution is 0.0502. The van der Waals surface area contributed by atoms with Crippen LogP contribution in [0.3, 0.4) is 0 Å². The summed E-state index contributed by atoms with van der Waals surface area (Å²) in [6.07, 6.45) is 7.89. The first-order valence-electron chi connectivity index (χ1n) is 8.45. The number of nitrogens with one attached hydrogen (secondary N) is 3. The summed E-state index contributed by atoms with van der Waals surface area (Å²) < 4.78 is 5.32. The Morgan fingerprint density at radius 3 is 2.52 bits per heavy atom. The Labute approximate surface area is 140 Å². The predicted molar refractivity (Wildman–Crippen MR) is 94.7 cm³/mol. The van der Waals surface area contributed by atoms with E-state index >= 15 is 0 Å². The van der Waals surface area contributed by atoms with Crippen LogP contribution in [-0.2, 0) is 4.74 Å². The van der Waals surface area contributed by atoms with E-state index < -0.39 is 5.60 Å². The normalized spacial score (nSPS) is 17.0. The average Bonchev–Trinajstić information content (AvgIpc) is 2.94. The zero-order valence-corrected chi connectivity index (χ0v) is 15.1. The number of hydrogen-bond acceptors (Lipinski definition) is 3. The van der Waals surface area contributed by atoms with Gasteiger partial charge >= 0.3 is 6.09 Å². The molecule has 1 rings (SSSR count). The molecule has 1 amide bonds. The van der Waals surface area contributed by atoms with Crippen molar-refractivity contribution in [3.8, 4) is 0 Å². The minimum absolute atomic E-state index is 0.00935. The van der Waals surface area contributed by atoms with Gasteiger partial charge in [-0.1, -0.05) is 25.5 Å². The summed E-state index contributed by atoms with van der Waals surface area (Å²) in [5, 5.41) is 9.61. The summed E-state index contributed by atoms with van der Waals surface area (Å²) in [6, 6.07) is 0.416. The highest BCUT2D eigenvalue weighted by atomic mass is 16.6. The summed E-state index contributed by atoms with van der Waals surface area (Å²) in [6.45, 7) is 8.30. The highest BCUT2D eigenvalue weighted by Gasteiger charge is 2.19. The number of carbonyl (C=O) groups is 1. The topological polar surface area (TPSA) is 74.8 Å². The molecule has 0 saturated heterocycles. The molecule has 0 fully saturated rings. The molecule has 0 radical (unpaired) electrons. The van der Waals surface area contributed by atoms with E-state index in [9.17, 15) is 4.79 Å². The molecular weight excluding hydrogens is 292 g/mol. The number of ether oxygens (including phenoxy) is 1. The van der Waals surface area contributed by atoms with Crippen LogP contribution < -0.4 is 16.0 Å². The quantitative estimate of drug-likeness (QED) is 0.399. The first kappa shape index (κ1) is 19.3. The van der Waals surface area contributed by atoms with Crippen molar-refractivity contribution in [2.45, 2.75) is 71.1 Å². The summed E-state index contributed by atoms with van der Waals surface area (Å²) in [7, 11) is 1.76. The van der Waals surface area contributed by atoms with Crippen LogP contribution in [0, 0.1) is 0 Å². The zero-order valence-electron chi connectivity index (χ0n) is 15.1. The Morgan fingerprint density at radius 1 is 1.35 bits per heavy atom. The molecule has 0 heterocycles. The molecule has 132 valence electrons. The van der Waals surface area contributed by atoms with Gasteiger partial charge in [-0.05, 0) is 40.0 Å². The van der Waals surface area contributed by atoms with Crippen molar-refractivity contribution in [1.82, 2.24) is 16.0 Å². The third kappa shape index (κ3) is 8.47. The highest BCUT2D eigenvalue weighted by Crippen LogP contribution is 2.09. The lowest BCUT2D eigenvalue weighted by Gasteiger charge is -2.25. The molecule has 0 aliphatic heterocycles. The molecule has 6 nitrogen and oxygen atoms in total. The van der Waals surface area contributed by atoms with Gasteiger partial charge in [0.2, 0.25) is 0 Å². The van der Waals surface area contributed by atoms with Gasteiger partial charge in [0.1, 0.15) is 5.60 Å². The smallest absolute Gasteiger partial charge is 0.407 e. The van der Waals surface area contributed by atoms with Gasteiger partial charge in [0.05, 0.1) is 0 Å². The molecule has 0 saturated carbocycles. The van der Waals surface area contributed by atoms with Crippen LogP contribution in [0.1, 0.15) is 53.4 Å². The van der Waals surface area contributed by atoms with Crippen LogP contribution in [0.5, 0.6) is 0 Å². The minimum atomic E-state index is -0.485. The van der Waals surface area contributed by atoms with Crippen molar-refractivity contribution in [3.63, 3.8) is 0 Å². The van der Waals surface area contributed by atoms with Gasteiger partial charge in [-0.3, -0.25) is 4.99 Å². The molecule has 0 spiro atoms. The number of aliphatic imine (C=N–C) groups is 1. The summed E-state index contributed by atoms with van der Waals surface area (Å²) in [4.78, 5) is 16.2. The number of hydrogen-bond donors (Lipinski definition) is 3. The van der Waals surface area contributed by atoms with Crippen LogP contribution in [0.4, 0.5) is 4.79 Å². The minimum Gasteiger partial charge on any atom is -0.444 e. The van der Waals surface area contributed by atoms with E-state index in [4.69, 9.17) is 4.74 Å². The van der Waals surface area contributed by atoms with E-state index in [1.807, 2.05) is 20.8 Å². The Morgan fingerprint density at radius 2 is 2.00 bits per heavy atom. The maximum Gasteiger partial charge on any atom is 0.407 e. The lowest BCUT2D eigenvalue weighted by atomic mass is 10.1. The van der Waals surface area contributed by atoms with Crippen molar-refractivity contribution < 1.29 is 9.53 Å². The van der Waals surface area contributed by atoms with Gasteiger partial charge in [0.25, 0.3) is 0 Å². The lowest BCUT2D eigenvalue weighted by Crippen LogP contribution is -2.49. The van der Waals surface area contributed by atoms with E-state index in [1.54, 1.807) is 7.05 Å². The Bertz CT molecular complexity index is 419. The van der Waals surface area contributed by atoms with E-state index in [-0.39, 0.29) is 12.1 Å². The third-order valence-corrected chi connectivity index (χ3v) is 3.45. The largest absolute Gasteiger partial charge is 0.444 e. The van der Waals surface area contributed by atoms with Crippen molar-refractivity contribution in [1.29, 1.82) is 0 Å². The zero-order chi connectivity index (χ0) is 17.3. The van der Waals surface area contributed by atoms with Crippen molar-refractivity contribution in [2.24, 2.45) is 4.99 Å². The summed E-state index contributed by atoms with van der Waals surface area (Å²) in [5.74, 6) is 0.769. The van der Waals surface area contributed by atoms with Crippen molar-refractivity contribution in [2.75, 3.05) is 13.6 Å². The van der Waals surface area contributed by atoms with Gasteiger partial charge in [0.15, 0.2) is 5.96 Å². The number of amides is 1. The summed E-state index contributed by atoms with van der Waals surface area (Å²) >= 11 is 0. The van der Waals surface area contributed by atoms with E-state index in [0.29, 0.717) is 12.6 Å². The van der Waals surface area contributed by atoms with E-state index in [0.717, 1.165) is 31.6 Å². The van der Waals surface area contributed by atoms with Crippen LogP contribution in [-0.4, -0.2) is 43.3 Å². The molecule has 0 aromatic carbocycles. The fraction of sp³-hybridized carbons (Fsp3) is 0.765. The SMILES string of the molecule is CCCC(CNC(=NC)NC1CC=CC1)NC(=O)OC(C)(C)C. The second kappa shape index (κ2) is 9.43. The first-order valence-corrected chi connectivity index (χ1v) is 8.45. The van der Waals surface area contributed by atoms with Crippen molar-refractivity contribution >= 4 is 12.1 Å². The molecule has 1 unspecified atom stereocenters. The number of carbonyl (C=O) groups excluding carboxylic acids is 1. The second-order valence-corrected chi connectivity index (χ2v) is 6.87. The van der Waals surface area contributed by atoms with Gasteiger partial charge in [0, 0.05) is 25.7 Å². The summed E-state index contributed by atoms with van der Waals surface area (Å²) in [5.41, 5.74) is -0.485. The van der Waals surface area contributed by atoms with Crippen LogP contribution >= 0.6 is 0 Å². The molecule has 6 heteroatoms. The van der Waals surface area contributed by atoms with Gasteiger partial charge in [-0.15, -0.1) is 0 Å². The molecule has 1 aliphatic rings. The first-order chi connectivity index (χ1) is 10.8. The molecule has 0 aromatic rings. The predicted octanol–water partition coefficient (Wildman–Crippen LogP) is 2.56. The molecular formula is C17H32N4O2. The maximum absolute atomic E-state index is 11.9. The molecule has 23 heavy (non-hydrogen) atoms. The Kier molecular flexibility index (Phi) is 7.92. The number of alkyl carbamates (subject to hydrolysis) is 1. The highest BCUT2D eigenvalue weighted by molar-refractivity contribution is 5.80. The fourth-order valence-corrected chi connectivity index (χ4v) is 2.39. The standard InChI is InChI=1S/C17H32N4O2/c1-6-9-14(21-16(22)23-17(2,3)4)12-19-15(18-5)20-13-10-7-8-11-13/h7-8,13-14H,6,9-12H2,1-5H3,(H,21,22)(H2,18,19,20). The van der Waals surface area contributed by atoms with E-state index in [1.165, 1.54) is 0 Å². The Hall–Kier alpha value is -1.72. The van der Waals surface area contributed by atoms with Gasteiger partial charge < -0.3 is 20.7 Å². The Balaban J connectivity index is 2.42. The molecule has 0 bridgehead atoms. The van der Waals surface area contributed by atoms with Crippen LogP contribution in [0.15, 0.2) is 17.1 Å². The molecule has 1 aliphatic carbocycles. The maximum atomic E-state index is 11.9.